The number of aromatic nitrogens is 2. The fourth-order valence-electron chi connectivity index (χ4n) is 5.50. The fraction of sp³-hybridized carbons (Fsp3) is 0.0556. The van der Waals surface area contributed by atoms with Gasteiger partial charge in [0.2, 0.25) is 0 Å². The van der Waals surface area contributed by atoms with Gasteiger partial charge in [-0.15, -0.1) is 0 Å². The summed E-state index contributed by atoms with van der Waals surface area (Å²) in [6.07, 6.45) is 0. The molecule has 0 aliphatic carbocycles. The highest BCUT2D eigenvalue weighted by Gasteiger charge is 2.18. The van der Waals surface area contributed by atoms with Crippen LogP contribution in [0.5, 0.6) is 0 Å². The number of nitrogens with zero attached hydrogens (tertiary/aromatic N) is 2. The predicted molar refractivity (Wildman–Crippen MR) is 160 cm³/mol. The lowest BCUT2D eigenvalue weighted by atomic mass is 10.1. The van der Waals surface area contributed by atoms with E-state index in [1.54, 1.807) is 0 Å². The minimum Gasteiger partial charge on any atom is -0.309 e. The number of aryl methyl sites for hydroxylation is 2. The molecule has 7 rings (SSSR count). The van der Waals surface area contributed by atoms with Crippen molar-refractivity contribution in [3.05, 3.63) is 145 Å². The third-order valence-electron chi connectivity index (χ3n) is 7.45. The van der Waals surface area contributed by atoms with E-state index < -0.39 is 0 Å². The molecule has 0 atom stereocenters. The molecule has 5 aromatic carbocycles. The van der Waals surface area contributed by atoms with Crippen molar-refractivity contribution in [1.82, 2.24) is 9.13 Å². The van der Waals surface area contributed by atoms with Crippen LogP contribution in [0.25, 0.3) is 55.7 Å². The molecule has 0 radical (unpaired) electrons. The average molecular weight is 489 g/mol. The molecule has 7 aromatic rings. The Morgan fingerprint density at radius 2 is 0.763 bits per heavy atom. The molecule has 0 N–H and O–H groups in total. The van der Waals surface area contributed by atoms with E-state index in [9.17, 15) is 0 Å². The van der Waals surface area contributed by atoms with Crippen LogP contribution in [0.15, 0.2) is 133 Å². The van der Waals surface area contributed by atoms with Gasteiger partial charge in [0.25, 0.3) is 0 Å². The van der Waals surface area contributed by atoms with Crippen LogP contribution in [0.4, 0.5) is 0 Å². The zero-order valence-corrected chi connectivity index (χ0v) is 21.6. The van der Waals surface area contributed by atoms with E-state index in [1.165, 1.54) is 66.8 Å². The lowest BCUT2D eigenvalue weighted by molar-refractivity contribution is 1.13. The lowest BCUT2D eigenvalue weighted by Crippen LogP contribution is -1.97. The largest absolute Gasteiger partial charge is 0.309 e. The highest BCUT2D eigenvalue weighted by atomic mass is 15.0. The van der Waals surface area contributed by atoms with Gasteiger partial charge in [-0.2, -0.15) is 0 Å². The molecular weight excluding hydrogens is 460 g/mol. The summed E-state index contributed by atoms with van der Waals surface area (Å²) < 4.78 is 4.80. The molecule has 0 aliphatic rings. The van der Waals surface area contributed by atoms with Crippen LogP contribution < -0.4 is 0 Å². The summed E-state index contributed by atoms with van der Waals surface area (Å²) in [6, 6.07) is 48.4. The van der Waals surface area contributed by atoms with E-state index >= 15 is 0 Å². The summed E-state index contributed by atoms with van der Waals surface area (Å²) in [4.78, 5) is 0. The van der Waals surface area contributed by atoms with Crippen molar-refractivity contribution < 1.29 is 0 Å². The van der Waals surface area contributed by atoms with Crippen LogP contribution in [0.3, 0.4) is 0 Å². The van der Waals surface area contributed by atoms with Gasteiger partial charge < -0.3 is 9.13 Å². The van der Waals surface area contributed by atoms with Gasteiger partial charge in [-0.25, -0.2) is 0 Å². The number of rotatable bonds is 4. The van der Waals surface area contributed by atoms with Gasteiger partial charge in [-0.1, -0.05) is 96.1 Å². The van der Waals surface area contributed by atoms with E-state index in [-0.39, 0.29) is 0 Å². The van der Waals surface area contributed by atoms with E-state index in [2.05, 4.69) is 156 Å². The van der Waals surface area contributed by atoms with Gasteiger partial charge in [0.15, 0.2) is 0 Å². The van der Waals surface area contributed by atoms with Crippen LogP contribution in [0, 0.1) is 13.8 Å². The predicted octanol–water partition coefficient (Wildman–Crippen LogP) is 9.53. The molecule has 0 amide bonds. The van der Waals surface area contributed by atoms with Gasteiger partial charge in [0.1, 0.15) is 0 Å². The van der Waals surface area contributed by atoms with E-state index in [0.29, 0.717) is 0 Å². The Morgan fingerprint density at radius 3 is 1.13 bits per heavy atom. The summed E-state index contributed by atoms with van der Waals surface area (Å²) in [5.74, 6) is 0. The third kappa shape index (κ3) is 3.74. The minimum atomic E-state index is 1.17. The quantitative estimate of drug-likeness (QED) is 0.233. The van der Waals surface area contributed by atoms with Crippen molar-refractivity contribution in [2.24, 2.45) is 0 Å². The summed E-state index contributed by atoms with van der Waals surface area (Å²) >= 11 is 0. The summed E-state index contributed by atoms with van der Waals surface area (Å²) in [7, 11) is 0. The molecule has 2 heterocycles. The Kier molecular flexibility index (Phi) is 5.26. The zero-order chi connectivity index (χ0) is 25.6. The molecule has 2 nitrogen and oxygen atoms in total. The van der Waals surface area contributed by atoms with Gasteiger partial charge >= 0.3 is 0 Å². The third-order valence-corrected chi connectivity index (χ3v) is 7.45. The Labute approximate surface area is 223 Å². The van der Waals surface area contributed by atoms with Crippen molar-refractivity contribution in [3.8, 4) is 33.9 Å². The van der Waals surface area contributed by atoms with E-state index in [4.69, 9.17) is 0 Å². The zero-order valence-electron chi connectivity index (χ0n) is 21.6. The molecule has 2 aromatic heterocycles. The molecule has 0 fully saturated rings. The number of hydrogen-bond donors (Lipinski definition) is 0. The lowest BCUT2D eigenvalue weighted by Gasteiger charge is -2.13. The Balaban J connectivity index is 1.55. The first-order valence-electron chi connectivity index (χ1n) is 13.1. The molecule has 0 spiro atoms. The smallest absolute Gasteiger partial charge is 0.0542 e. The van der Waals surface area contributed by atoms with Crippen LogP contribution in [0.1, 0.15) is 11.1 Å². The first kappa shape index (κ1) is 22.4. The summed E-state index contributed by atoms with van der Waals surface area (Å²) in [5.41, 5.74) is 12.1. The molecule has 0 unspecified atom stereocenters. The van der Waals surface area contributed by atoms with Crippen molar-refractivity contribution in [2.75, 3.05) is 0 Å². The minimum absolute atomic E-state index is 1.17. The molecule has 0 aliphatic heterocycles. The highest BCUT2D eigenvalue weighted by molar-refractivity contribution is 6.02. The second kappa shape index (κ2) is 8.93. The molecular formula is C36H28N2. The Hall–Kier alpha value is -4.82. The van der Waals surface area contributed by atoms with Gasteiger partial charge in [0, 0.05) is 22.1 Å². The number of fused-ring (bicyclic) bond motifs is 2. The second-order valence-electron chi connectivity index (χ2n) is 10.1. The second-order valence-corrected chi connectivity index (χ2v) is 10.1. The number of benzene rings is 5. The van der Waals surface area contributed by atoms with Crippen LogP contribution >= 0.6 is 0 Å². The fourth-order valence-corrected chi connectivity index (χ4v) is 5.50. The topological polar surface area (TPSA) is 9.86 Å². The molecule has 0 bridgehead atoms. The van der Waals surface area contributed by atoms with E-state index in [1.807, 2.05) is 0 Å². The number of hydrogen-bond acceptors (Lipinski definition) is 0. The van der Waals surface area contributed by atoms with Gasteiger partial charge in [0.05, 0.1) is 22.4 Å². The molecule has 0 saturated carbocycles. The van der Waals surface area contributed by atoms with Crippen molar-refractivity contribution in [3.63, 3.8) is 0 Å². The van der Waals surface area contributed by atoms with Gasteiger partial charge in [-0.05, 0) is 73.5 Å². The maximum absolute atomic E-state index is 2.40. The highest BCUT2D eigenvalue weighted by Crippen LogP contribution is 2.38. The maximum atomic E-state index is 2.40. The van der Waals surface area contributed by atoms with Crippen molar-refractivity contribution in [2.45, 2.75) is 13.8 Å². The summed E-state index contributed by atoms with van der Waals surface area (Å²) in [5, 5.41) is 2.45. The standard InChI is InChI=1S/C36H28N2/c1-25-13-17-31(18-14-25)37-33(27-9-5-3-6-10-27)21-29-24-36-30(23-35(29)37)22-34(28-11-7-4-8-12-28)38(36)32-19-15-26(2)16-20-32/h3-24H,1-2H3. The SMILES string of the molecule is Cc1ccc(-n2c(-c3ccccc3)cc3cc4c(cc(-c5ccccc5)n4-c4ccc(C)cc4)cc32)cc1. The Bertz CT molecular complexity index is 1740. The normalized spacial score (nSPS) is 11.4. The van der Waals surface area contributed by atoms with Crippen LogP contribution in [0.2, 0.25) is 0 Å². The monoisotopic (exact) mass is 488 g/mol. The Morgan fingerprint density at radius 1 is 0.395 bits per heavy atom. The molecule has 38 heavy (non-hydrogen) atoms. The molecule has 0 saturated heterocycles. The first-order valence-corrected chi connectivity index (χ1v) is 13.1. The van der Waals surface area contributed by atoms with Crippen molar-refractivity contribution in [1.29, 1.82) is 0 Å². The van der Waals surface area contributed by atoms with Crippen LogP contribution in [-0.4, -0.2) is 9.13 Å². The average Bonchev–Trinajstić information content (AvgIpc) is 3.52. The van der Waals surface area contributed by atoms with Crippen LogP contribution in [-0.2, 0) is 0 Å². The van der Waals surface area contributed by atoms with Gasteiger partial charge in [-0.3, -0.25) is 0 Å². The summed E-state index contributed by atoms with van der Waals surface area (Å²) in [6.45, 7) is 4.27. The maximum Gasteiger partial charge on any atom is 0.0542 e. The van der Waals surface area contributed by atoms with E-state index in [0.717, 1.165) is 0 Å². The molecule has 2 heteroatoms. The van der Waals surface area contributed by atoms with Crippen molar-refractivity contribution >= 4 is 21.8 Å². The first-order chi connectivity index (χ1) is 18.7. The molecule has 182 valence electrons.